The molecule has 40 heavy (non-hydrogen) atoms. The van der Waals surface area contributed by atoms with E-state index in [1.54, 1.807) is 51.1 Å². The quantitative estimate of drug-likeness (QED) is 0.149. The van der Waals surface area contributed by atoms with Gasteiger partial charge in [0.2, 0.25) is 5.91 Å². The number of carbonyl (C=O) groups excluding carboxylic acids is 4. The van der Waals surface area contributed by atoms with Crippen LogP contribution in [-0.4, -0.2) is 71.1 Å². The summed E-state index contributed by atoms with van der Waals surface area (Å²) in [6, 6.07) is 8.30. The minimum absolute atomic E-state index is 0.00933. The summed E-state index contributed by atoms with van der Waals surface area (Å²) >= 11 is 3.31. The van der Waals surface area contributed by atoms with Gasteiger partial charge in [-0.15, -0.1) is 0 Å². The molecule has 2 rings (SSSR count). The van der Waals surface area contributed by atoms with Crippen LogP contribution in [0.1, 0.15) is 31.9 Å². The zero-order valence-electron chi connectivity index (χ0n) is 22.1. The number of aliphatic hydroxyl groups excluding tert-OH is 1. The van der Waals surface area contributed by atoms with Gasteiger partial charge in [0.05, 0.1) is 17.3 Å². The molecule has 216 valence electrons. The molecule has 0 saturated heterocycles. The maximum absolute atomic E-state index is 13.0. The lowest BCUT2D eigenvalue weighted by Crippen LogP contribution is -2.55. The maximum atomic E-state index is 13.0. The number of amides is 4. The van der Waals surface area contributed by atoms with Crippen molar-refractivity contribution < 1.29 is 38.9 Å². The number of hydrazone groups is 1. The molecule has 0 aromatic heterocycles. The van der Waals surface area contributed by atoms with Crippen LogP contribution in [0, 0.1) is 0 Å². The van der Waals surface area contributed by atoms with Crippen molar-refractivity contribution in [2.75, 3.05) is 13.2 Å². The number of benzene rings is 2. The van der Waals surface area contributed by atoms with Crippen molar-refractivity contribution >= 4 is 46.0 Å². The lowest BCUT2D eigenvalue weighted by atomic mass is 10.0. The smallest absolute Gasteiger partial charge is 0.408 e. The van der Waals surface area contributed by atoms with Gasteiger partial charge in [-0.1, -0.05) is 12.1 Å². The number of alkyl carbamates (subject to hydrolysis) is 1. The summed E-state index contributed by atoms with van der Waals surface area (Å²) in [5.74, 6) is -1.73. The van der Waals surface area contributed by atoms with E-state index in [-0.39, 0.29) is 18.8 Å². The minimum atomic E-state index is -1.39. The second-order valence-electron chi connectivity index (χ2n) is 9.49. The zero-order valence-corrected chi connectivity index (χ0v) is 23.7. The third-order valence-corrected chi connectivity index (χ3v) is 5.53. The van der Waals surface area contributed by atoms with Gasteiger partial charge in [0, 0.05) is 6.42 Å². The Bertz CT molecular complexity index is 1230. The summed E-state index contributed by atoms with van der Waals surface area (Å²) in [5.41, 5.74) is 7.78. The Morgan fingerprint density at radius 3 is 2.30 bits per heavy atom. The third-order valence-electron chi connectivity index (χ3n) is 4.91. The number of nitrogens with zero attached hydrogens (tertiary/aromatic N) is 1. The SMILES string of the molecule is CC(C)(C)OC(=O)N[C@@H](CO)C(=O)N[C@@H](Cc1ccc(O)cc1)C(=O)N/N=C\c1ccc(OCC(N)=O)c(Br)c1. The highest BCUT2D eigenvalue weighted by Crippen LogP contribution is 2.25. The summed E-state index contributed by atoms with van der Waals surface area (Å²) in [7, 11) is 0. The molecule has 0 aliphatic rings. The predicted octanol–water partition coefficient (Wildman–Crippen LogP) is 1.08. The molecule has 14 heteroatoms. The highest BCUT2D eigenvalue weighted by Gasteiger charge is 2.28. The Morgan fingerprint density at radius 1 is 1.05 bits per heavy atom. The van der Waals surface area contributed by atoms with Gasteiger partial charge in [0.25, 0.3) is 11.8 Å². The molecule has 0 fully saturated rings. The van der Waals surface area contributed by atoms with Crippen LogP contribution in [0.3, 0.4) is 0 Å². The number of ether oxygens (including phenoxy) is 2. The molecule has 0 unspecified atom stereocenters. The van der Waals surface area contributed by atoms with Gasteiger partial charge in [-0.25, -0.2) is 10.2 Å². The first kappa shape index (κ1) is 32.0. The molecule has 0 aliphatic carbocycles. The number of nitrogens with two attached hydrogens (primary N) is 1. The summed E-state index contributed by atoms with van der Waals surface area (Å²) in [4.78, 5) is 48.8. The number of aliphatic hydroxyl groups is 1. The molecule has 0 saturated carbocycles. The van der Waals surface area contributed by atoms with Crippen molar-refractivity contribution in [2.24, 2.45) is 10.8 Å². The molecule has 2 atom stereocenters. The lowest BCUT2D eigenvalue weighted by molar-refractivity contribution is -0.130. The molecule has 4 amide bonds. The van der Waals surface area contributed by atoms with Gasteiger partial charge in [0.1, 0.15) is 29.2 Å². The lowest BCUT2D eigenvalue weighted by Gasteiger charge is -2.24. The number of hydrogen-bond donors (Lipinski definition) is 6. The highest BCUT2D eigenvalue weighted by molar-refractivity contribution is 9.10. The fourth-order valence-electron chi connectivity index (χ4n) is 3.10. The number of hydrogen-bond acceptors (Lipinski definition) is 9. The van der Waals surface area contributed by atoms with E-state index in [1.165, 1.54) is 18.3 Å². The second kappa shape index (κ2) is 14.8. The van der Waals surface area contributed by atoms with E-state index in [9.17, 15) is 29.4 Å². The standard InChI is InChI=1S/C26H32BrN5O8/c1-26(2,3)40-25(38)31-20(13-33)23(36)30-19(11-15-4-7-17(34)8-5-15)24(37)32-29-12-16-6-9-21(18(27)10-16)39-14-22(28)35/h4-10,12,19-20,33-34H,11,13-14H2,1-3H3,(H2,28,35)(H,30,36)(H,31,38)(H,32,37)/b29-12-/t19-,20-/m0/s1. The number of rotatable bonds is 12. The zero-order chi connectivity index (χ0) is 29.9. The van der Waals surface area contributed by atoms with Gasteiger partial charge < -0.3 is 36.1 Å². The van der Waals surface area contributed by atoms with E-state index in [1.807, 2.05) is 0 Å². The van der Waals surface area contributed by atoms with Gasteiger partial charge in [0.15, 0.2) is 6.61 Å². The Labute approximate surface area is 239 Å². The van der Waals surface area contributed by atoms with Crippen LogP contribution in [0.15, 0.2) is 52.0 Å². The maximum Gasteiger partial charge on any atom is 0.408 e. The van der Waals surface area contributed by atoms with Crippen LogP contribution in [0.2, 0.25) is 0 Å². The molecule has 0 bridgehead atoms. The number of phenols is 1. The number of carbonyl (C=O) groups is 4. The number of phenolic OH excluding ortho intramolecular Hbond substituents is 1. The van der Waals surface area contributed by atoms with Gasteiger partial charge in [-0.2, -0.15) is 5.10 Å². The van der Waals surface area contributed by atoms with Crippen molar-refractivity contribution in [3.63, 3.8) is 0 Å². The van der Waals surface area contributed by atoms with E-state index in [0.717, 1.165) is 0 Å². The van der Waals surface area contributed by atoms with Crippen molar-refractivity contribution in [2.45, 2.75) is 44.9 Å². The van der Waals surface area contributed by atoms with Gasteiger partial charge >= 0.3 is 6.09 Å². The Morgan fingerprint density at radius 2 is 1.73 bits per heavy atom. The highest BCUT2D eigenvalue weighted by atomic mass is 79.9. The van der Waals surface area contributed by atoms with E-state index in [0.29, 0.717) is 21.3 Å². The largest absolute Gasteiger partial charge is 0.508 e. The number of halogens is 1. The number of nitrogens with one attached hydrogen (secondary N) is 3. The summed E-state index contributed by atoms with van der Waals surface area (Å²) < 4.78 is 10.9. The van der Waals surface area contributed by atoms with E-state index < -0.39 is 48.1 Å². The summed E-state index contributed by atoms with van der Waals surface area (Å²) in [6.45, 7) is 3.89. The van der Waals surface area contributed by atoms with Crippen molar-refractivity contribution in [3.05, 3.63) is 58.1 Å². The van der Waals surface area contributed by atoms with Crippen LogP contribution in [0.5, 0.6) is 11.5 Å². The second-order valence-corrected chi connectivity index (χ2v) is 10.3. The first-order valence-corrected chi connectivity index (χ1v) is 12.8. The van der Waals surface area contributed by atoms with E-state index in [4.69, 9.17) is 15.2 Å². The number of aromatic hydroxyl groups is 1. The van der Waals surface area contributed by atoms with Crippen LogP contribution in [0.25, 0.3) is 0 Å². The van der Waals surface area contributed by atoms with Crippen molar-refractivity contribution in [1.29, 1.82) is 0 Å². The van der Waals surface area contributed by atoms with Gasteiger partial charge in [-0.05, 0) is 78.2 Å². The Kier molecular flexibility index (Phi) is 11.9. The third kappa shape index (κ3) is 11.3. The molecule has 2 aromatic carbocycles. The number of primary amides is 1. The average Bonchev–Trinajstić information content (AvgIpc) is 2.86. The first-order valence-electron chi connectivity index (χ1n) is 12.0. The Hall–Kier alpha value is -4.17. The molecular weight excluding hydrogens is 590 g/mol. The topological polar surface area (TPSA) is 202 Å². The fraction of sp³-hybridized carbons (Fsp3) is 0.346. The molecule has 7 N–H and O–H groups in total. The van der Waals surface area contributed by atoms with E-state index >= 15 is 0 Å². The molecule has 2 aromatic rings. The van der Waals surface area contributed by atoms with Crippen molar-refractivity contribution in [3.8, 4) is 11.5 Å². The molecule has 0 spiro atoms. The predicted molar refractivity (Wildman–Crippen MR) is 149 cm³/mol. The average molecular weight is 622 g/mol. The summed E-state index contributed by atoms with van der Waals surface area (Å²) in [6.07, 6.45) is 0.443. The van der Waals surface area contributed by atoms with Gasteiger partial charge in [-0.3, -0.25) is 14.4 Å². The molecule has 0 aliphatic heterocycles. The van der Waals surface area contributed by atoms with E-state index in [2.05, 4.69) is 37.1 Å². The van der Waals surface area contributed by atoms with Crippen LogP contribution >= 0.6 is 15.9 Å². The van der Waals surface area contributed by atoms with Crippen LogP contribution in [0.4, 0.5) is 4.79 Å². The molecular formula is C26H32BrN5O8. The van der Waals surface area contributed by atoms with Crippen LogP contribution in [-0.2, 0) is 25.5 Å². The molecule has 13 nitrogen and oxygen atoms in total. The normalized spacial score (nSPS) is 12.7. The first-order chi connectivity index (χ1) is 18.8. The molecule has 0 heterocycles. The molecule has 0 radical (unpaired) electrons. The Balaban J connectivity index is 2.13. The summed E-state index contributed by atoms with van der Waals surface area (Å²) in [5, 5.41) is 27.9. The minimum Gasteiger partial charge on any atom is -0.508 e. The van der Waals surface area contributed by atoms with Crippen LogP contribution < -0.4 is 26.5 Å². The fourth-order valence-corrected chi connectivity index (χ4v) is 3.62. The van der Waals surface area contributed by atoms with Crippen molar-refractivity contribution in [1.82, 2.24) is 16.1 Å². The monoisotopic (exact) mass is 621 g/mol.